The number of anilines is 2. The Morgan fingerprint density at radius 3 is 2.18 bits per heavy atom. The predicted octanol–water partition coefficient (Wildman–Crippen LogP) is 3.89. The summed E-state index contributed by atoms with van der Waals surface area (Å²) in [7, 11) is 3.08. The number of fused-ring (bicyclic) bond motifs is 1. The maximum absolute atomic E-state index is 13.6. The zero-order valence-electron chi connectivity index (χ0n) is 18.0. The van der Waals surface area contributed by atoms with Crippen molar-refractivity contribution < 1.29 is 28.3 Å². The van der Waals surface area contributed by atoms with Gasteiger partial charge in [-0.3, -0.25) is 14.4 Å². The van der Waals surface area contributed by atoms with Crippen LogP contribution in [0.1, 0.15) is 11.6 Å². The van der Waals surface area contributed by atoms with Crippen LogP contribution in [0.3, 0.4) is 0 Å². The Balaban J connectivity index is 1.60. The van der Waals surface area contributed by atoms with E-state index < -0.39 is 35.7 Å². The second kappa shape index (κ2) is 8.22. The number of rotatable bonds is 5. The van der Waals surface area contributed by atoms with E-state index in [0.29, 0.717) is 22.9 Å². The van der Waals surface area contributed by atoms with Crippen LogP contribution >= 0.6 is 0 Å². The Bertz CT molecular complexity index is 1200. The minimum absolute atomic E-state index is 0.307. The van der Waals surface area contributed by atoms with Gasteiger partial charge in [-0.05, 0) is 54.1 Å². The predicted molar refractivity (Wildman–Crippen MR) is 118 cm³/mol. The smallest absolute Gasteiger partial charge is 0.266 e. The average molecular weight is 448 g/mol. The summed E-state index contributed by atoms with van der Waals surface area (Å²) >= 11 is 0. The second-order valence-electron chi connectivity index (χ2n) is 7.76. The van der Waals surface area contributed by atoms with Crippen molar-refractivity contribution in [3.63, 3.8) is 0 Å². The molecule has 2 aliphatic heterocycles. The summed E-state index contributed by atoms with van der Waals surface area (Å²) < 4.78 is 24.2. The van der Waals surface area contributed by atoms with E-state index >= 15 is 0 Å². The molecule has 0 saturated carbocycles. The molecule has 7 nitrogen and oxygen atoms in total. The van der Waals surface area contributed by atoms with Crippen LogP contribution in [0.25, 0.3) is 0 Å². The molecule has 2 fully saturated rings. The van der Waals surface area contributed by atoms with Crippen LogP contribution in [0.5, 0.6) is 11.5 Å². The highest BCUT2D eigenvalue weighted by atomic mass is 19.1. The van der Waals surface area contributed by atoms with Gasteiger partial charge in [0.15, 0.2) is 17.6 Å². The lowest BCUT2D eigenvalue weighted by molar-refractivity contribution is -0.126. The summed E-state index contributed by atoms with van der Waals surface area (Å²) in [6.45, 7) is 0. The molecule has 2 amide bonds. The van der Waals surface area contributed by atoms with Crippen LogP contribution in [0.2, 0.25) is 0 Å². The first-order chi connectivity index (χ1) is 16.0. The molecule has 3 atom stereocenters. The van der Waals surface area contributed by atoms with Gasteiger partial charge in [0.1, 0.15) is 11.7 Å². The number of nitrogens with zero attached hydrogens (tertiary/aromatic N) is 2. The number of ether oxygens (including phenoxy) is 2. The van der Waals surface area contributed by atoms with Crippen molar-refractivity contribution in [2.24, 2.45) is 5.92 Å². The van der Waals surface area contributed by atoms with Crippen molar-refractivity contribution in [1.29, 1.82) is 0 Å². The van der Waals surface area contributed by atoms with Crippen molar-refractivity contribution in [2.45, 2.75) is 12.1 Å². The van der Waals surface area contributed by atoms with Gasteiger partial charge in [0, 0.05) is 0 Å². The van der Waals surface area contributed by atoms with Gasteiger partial charge in [-0.2, -0.15) is 0 Å². The van der Waals surface area contributed by atoms with E-state index in [2.05, 4.69) is 0 Å². The van der Waals surface area contributed by atoms with Crippen LogP contribution < -0.4 is 19.4 Å². The van der Waals surface area contributed by atoms with Crippen molar-refractivity contribution in [1.82, 2.24) is 0 Å². The Morgan fingerprint density at radius 2 is 1.52 bits per heavy atom. The molecule has 0 bridgehead atoms. The third-order valence-corrected chi connectivity index (χ3v) is 5.96. The molecule has 2 saturated heterocycles. The maximum Gasteiger partial charge on any atom is 0.266 e. The number of methoxy groups -OCH3 is 2. The molecule has 2 heterocycles. The average Bonchev–Trinajstić information content (AvgIpc) is 3.36. The lowest BCUT2D eigenvalue weighted by atomic mass is 9.90. The zero-order valence-corrected chi connectivity index (χ0v) is 18.0. The lowest BCUT2D eigenvalue weighted by Crippen LogP contribution is -2.37. The topological polar surface area (TPSA) is 68.3 Å². The van der Waals surface area contributed by atoms with E-state index in [-0.39, 0.29) is 0 Å². The number of para-hydroxylation sites is 1. The highest BCUT2D eigenvalue weighted by Crippen LogP contribution is 2.48. The van der Waals surface area contributed by atoms with Crippen LogP contribution in [0.15, 0.2) is 72.8 Å². The van der Waals surface area contributed by atoms with Crippen molar-refractivity contribution in [3.8, 4) is 11.5 Å². The van der Waals surface area contributed by atoms with Gasteiger partial charge in [0.2, 0.25) is 5.91 Å². The van der Waals surface area contributed by atoms with E-state index in [1.807, 2.05) is 36.4 Å². The van der Waals surface area contributed by atoms with Crippen LogP contribution in [0, 0.1) is 11.7 Å². The number of hydrogen-bond acceptors (Lipinski definition) is 6. The van der Waals surface area contributed by atoms with E-state index in [4.69, 9.17) is 14.3 Å². The van der Waals surface area contributed by atoms with Gasteiger partial charge in [-0.25, -0.2) is 14.4 Å². The molecule has 0 spiro atoms. The molecule has 5 rings (SSSR count). The van der Waals surface area contributed by atoms with Gasteiger partial charge in [0.05, 0.1) is 31.6 Å². The number of hydrogen-bond donors (Lipinski definition) is 0. The van der Waals surface area contributed by atoms with Crippen LogP contribution in [-0.4, -0.2) is 32.1 Å². The number of halogens is 1. The first-order valence-corrected chi connectivity index (χ1v) is 10.4. The molecule has 0 N–H and O–H groups in total. The molecule has 0 radical (unpaired) electrons. The fourth-order valence-electron chi connectivity index (χ4n) is 4.43. The summed E-state index contributed by atoms with van der Waals surface area (Å²) in [5.74, 6) is -1.10. The van der Waals surface area contributed by atoms with Gasteiger partial charge < -0.3 is 9.47 Å². The quantitative estimate of drug-likeness (QED) is 0.552. The Kier molecular flexibility index (Phi) is 5.22. The Labute approximate surface area is 189 Å². The van der Waals surface area contributed by atoms with E-state index in [0.717, 1.165) is 10.5 Å². The zero-order chi connectivity index (χ0) is 23.1. The molecular weight excluding hydrogens is 427 g/mol. The number of hydroxylamine groups is 1. The normalized spacial score (nSPS) is 22.0. The number of carbonyl (C=O) groups is 2. The maximum atomic E-state index is 13.6. The van der Waals surface area contributed by atoms with Crippen molar-refractivity contribution in [3.05, 3.63) is 84.2 Å². The molecule has 8 heteroatoms. The minimum Gasteiger partial charge on any atom is -0.493 e. The standard InChI is InChI=1S/C25H21FN2O5/c1-31-19-13-8-15(14-20(19)32-2)22-21-23(33-28(22)18-6-4-3-5-7-18)25(30)27(24(21)29)17-11-9-16(26)10-12-17/h3-14,21-23H,1-2H3/t21-,22+,23-/m1/s1. The van der Waals surface area contributed by atoms with Crippen molar-refractivity contribution in [2.75, 3.05) is 24.2 Å². The van der Waals surface area contributed by atoms with Gasteiger partial charge in [-0.15, -0.1) is 0 Å². The summed E-state index contributed by atoms with van der Waals surface area (Å²) in [6.07, 6.45) is -1.01. The van der Waals surface area contributed by atoms with Gasteiger partial charge >= 0.3 is 0 Å². The Morgan fingerprint density at radius 1 is 0.818 bits per heavy atom. The monoisotopic (exact) mass is 448 g/mol. The SMILES string of the molecule is COc1ccc([C@H]2[C@H]3C(=O)N(c4ccc(F)cc4)C(=O)[C@@H]3ON2c2ccccc2)cc1OC. The Hall–Kier alpha value is -3.91. The third kappa shape index (κ3) is 3.39. The fourth-order valence-corrected chi connectivity index (χ4v) is 4.43. The number of amides is 2. The van der Waals surface area contributed by atoms with Crippen LogP contribution in [0.4, 0.5) is 15.8 Å². The summed E-state index contributed by atoms with van der Waals surface area (Å²) in [4.78, 5) is 34.0. The lowest BCUT2D eigenvalue weighted by Gasteiger charge is -2.29. The summed E-state index contributed by atoms with van der Waals surface area (Å²) in [5.41, 5.74) is 1.74. The molecular formula is C25H21FN2O5. The van der Waals surface area contributed by atoms with E-state index in [1.54, 1.807) is 24.3 Å². The van der Waals surface area contributed by atoms with Gasteiger partial charge in [0.25, 0.3) is 5.91 Å². The van der Waals surface area contributed by atoms with Gasteiger partial charge in [-0.1, -0.05) is 24.3 Å². The number of imide groups is 1. The molecule has 2 aliphatic rings. The minimum atomic E-state index is -1.01. The largest absolute Gasteiger partial charge is 0.493 e. The van der Waals surface area contributed by atoms with Crippen molar-refractivity contribution >= 4 is 23.2 Å². The van der Waals surface area contributed by atoms with Crippen LogP contribution in [-0.2, 0) is 14.4 Å². The highest BCUT2D eigenvalue weighted by molar-refractivity contribution is 6.23. The summed E-state index contributed by atoms with van der Waals surface area (Å²) in [6, 6.07) is 19.3. The third-order valence-electron chi connectivity index (χ3n) is 5.96. The first-order valence-electron chi connectivity index (χ1n) is 10.4. The number of benzene rings is 3. The number of carbonyl (C=O) groups excluding carboxylic acids is 2. The second-order valence-corrected chi connectivity index (χ2v) is 7.76. The van der Waals surface area contributed by atoms with E-state index in [1.165, 1.54) is 31.4 Å². The highest BCUT2D eigenvalue weighted by Gasteiger charge is 2.60. The summed E-state index contributed by atoms with van der Waals surface area (Å²) in [5, 5.41) is 1.61. The molecule has 3 aromatic carbocycles. The fraction of sp³-hybridized carbons (Fsp3) is 0.200. The molecule has 0 unspecified atom stereocenters. The van der Waals surface area contributed by atoms with E-state index in [9.17, 15) is 14.0 Å². The molecule has 168 valence electrons. The molecule has 0 aliphatic carbocycles. The molecule has 3 aromatic rings. The molecule has 33 heavy (non-hydrogen) atoms. The molecule has 0 aromatic heterocycles. The first kappa shape index (κ1) is 21.0.